The predicted molar refractivity (Wildman–Crippen MR) is 176 cm³/mol. The Bertz CT molecular complexity index is 1520. The van der Waals surface area contributed by atoms with Gasteiger partial charge in [-0.2, -0.15) is 0 Å². The van der Waals surface area contributed by atoms with Crippen LogP contribution in [0.25, 0.3) is 0 Å². The number of rotatable bonds is 14. The molecule has 1 aliphatic heterocycles. The molecule has 3 aromatic rings. The van der Waals surface area contributed by atoms with Crippen molar-refractivity contribution in [3.05, 3.63) is 102 Å². The number of nitrogens with one attached hydrogen (secondary N) is 3. The molecule has 0 radical (unpaired) electrons. The highest BCUT2D eigenvalue weighted by atomic mass is 35.5. The van der Waals surface area contributed by atoms with Crippen LogP contribution in [0.4, 0.5) is 4.79 Å². The van der Waals surface area contributed by atoms with E-state index in [9.17, 15) is 29.1 Å². The number of benzene rings is 3. The zero-order valence-electron chi connectivity index (χ0n) is 26.1. The maximum absolute atomic E-state index is 13.9. The molecule has 0 aromatic heterocycles. The summed E-state index contributed by atoms with van der Waals surface area (Å²) >= 11 is 5.67. The fourth-order valence-electron chi connectivity index (χ4n) is 5.25. The third-order valence-corrected chi connectivity index (χ3v) is 8.16. The number of ketones is 1. The third-order valence-electron chi connectivity index (χ3n) is 7.89. The van der Waals surface area contributed by atoms with Crippen LogP contribution in [0.1, 0.15) is 36.5 Å². The Morgan fingerprint density at radius 2 is 1.36 bits per heavy atom. The molecule has 1 aliphatic rings. The van der Waals surface area contributed by atoms with E-state index in [0.717, 1.165) is 11.1 Å². The molecule has 1 saturated heterocycles. The average Bonchev–Trinajstić information content (AvgIpc) is 3.58. The highest BCUT2D eigenvalue weighted by molar-refractivity contribution is 6.28. The molecule has 4 rings (SSSR count). The second-order valence-corrected chi connectivity index (χ2v) is 11.7. The van der Waals surface area contributed by atoms with Crippen molar-refractivity contribution in [1.29, 1.82) is 0 Å². The molecule has 248 valence electrons. The van der Waals surface area contributed by atoms with Crippen molar-refractivity contribution in [1.82, 2.24) is 20.9 Å². The first kappa shape index (κ1) is 35.0. The monoisotopic (exact) mass is 662 g/mol. The number of aromatic hydroxyl groups is 1. The van der Waals surface area contributed by atoms with Crippen LogP contribution in [0, 0.1) is 0 Å². The third kappa shape index (κ3) is 10.3. The number of phenolic OH excluding ortho intramolecular Hbond substituents is 1. The van der Waals surface area contributed by atoms with Crippen molar-refractivity contribution in [2.45, 2.75) is 63.4 Å². The molecular formula is C35H39ClN4O7. The maximum atomic E-state index is 13.9. The van der Waals surface area contributed by atoms with E-state index in [0.29, 0.717) is 24.9 Å². The fraction of sp³-hybridized carbons (Fsp3) is 0.343. The van der Waals surface area contributed by atoms with E-state index < -0.39 is 48.0 Å². The summed E-state index contributed by atoms with van der Waals surface area (Å²) in [5, 5.41) is 17.9. The van der Waals surface area contributed by atoms with Crippen LogP contribution in [-0.2, 0) is 43.4 Å². The summed E-state index contributed by atoms with van der Waals surface area (Å²) in [5.41, 5.74) is 2.21. The van der Waals surface area contributed by atoms with Gasteiger partial charge in [0.05, 0.1) is 11.9 Å². The van der Waals surface area contributed by atoms with Gasteiger partial charge in [0.15, 0.2) is 5.78 Å². The van der Waals surface area contributed by atoms with Gasteiger partial charge in [0.25, 0.3) is 0 Å². The van der Waals surface area contributed by atoms with Gasteiger partial charge >= 0.3 is 6.09 Å². The molecule has 0 bridgehead atoms. The highest BCUT2D eigenvalue weighted by Crippen LogP contribution is 2.20. The summed E-state index contributed by atoms with van der Waals surface area (Å²) in [7, 11) is 0. The fourth-order valence-corrected chi connectivity index (χ4v) is 5.48. The zero-order chi connectivity index (χ0) is 33.8. The van der Waals surface area contributed by atoms with Crippen LogP contribution in [-0.4, -0.2) is 76.2 Å². The van der Waals surface area contributed by atoms with Crippen molar-refractivity contribution in [2.24, 2.45) is 0 Å². The number of Topliss-reactive ketones (excluding diaryl/α,β-unsaturated/α-hetero) is 1. The van der Waals surface area contributed by atoms with E-state index in [4.69, 9.17) is 16.3 Å². The van der Waals surface area contributed by atoms with Gasteiger partial charge in [-0.15, -0.1) is 11.6 Å². The Balaban J connectivity index is 1.51. The molecule has 0 spiro atoms. The molecule has 47 heavy (non-hydrogen) atoms. The van der Waals surface area contributed by atoms with Crippen molar-refractivity contribution in [3.63, 3.8) is 0 Å². The van der Waals surface area contributed by atoms with E-state index in [1.54, 1.807) is 36.4 Å². The summed E-state index contributed by atoms with van der Waals surface area (Å²) in [6, 6.07) is 20.4. The van der Waals surface area contributed by atoms with E-state index >= 15 is 0 Å². The van der Waals surface area contributed by atoms with Crippen molar-refractivity contribution in [2.75, 3.05) is 12.4 Å². The van der Waals surface area contributed by atoms with E-state index in [1.807, 2.05) is 36.4 Å². The van der Waals surface area contributed by atoms with Crippen LogP contribution >= 0.6 is 11.6 Å². The smallest absolute Gasteiger partial charge is 0.410 e. The average molecular weight is 663 g/mol. The zero-order valence-corrected chi connectivity index (χ0v) is 26.8. The summed E-state index contributed by atoms with van der Waals surface area (Å²) in [4.78, 5) is 67.3. The SMILES string of the molecule is C[C@H](NC(=O)[C@H](Cc1ccccc1)NC(=O)[C@H](Cc1ccc(O)cc1)NC(=O)[C@@H]1CCCN1C(=O)OCc1ccccc1)C(=O)CCl. The molecule has 4 N–H and O–H groups in total. The van der Waals surface area contributed by atoms with Crippen LogP contribution in [0.2, 0.25) is 0 Å². The Labute approximate surface area is 278 Å². The number of alkyl halides is 1. The van der Waals surface area contributed by atoms with Gasteiger partial charge in [-0.3, -0.25) is 24.1 Å². The van der Waals surface area contributed by atoms with Gasteiger partial charge in [-0.1, -0.05) is 72.8 Å². The lowest BCUT2D eigenvalue weighted by molar-refractivity contribution is -0.134. The lowest BCUT2D eigenvalue weighted by atomic mass is 10.0. The molecule has 1 heterocycles. The Morgan fingerprint density at radius 1 is 0.809 bits per heavy atom. The molecule has 4 amide bonds. The van der Waals surface area contributed by atoms with Crippen LogP contribution in [0.3, 0.4) is 0 Å². The number of hydrogen-bond acceptors (Lipinski definition) is 7. The van der Waals surface area contributed by atoms with Gasteiger partial charge in [0.2, 0.25) is 17.7 Å². The molecular weight excluding hydrogens is 624 g/mol. The molecule has 4 atom stereocenters. The molecule has 12 heteroatoms. The van der Waals surface area contributed by atoms with E-state index in [1.165, 1.54) is 24.0 Å². The predicted octanol–water partition coefficient (Wildman–Crippen LogP) is 3.26. The molecule has 0 aliphatic carbocycles. The van der Waals surface area contributed by atoms with Gasteiger partial charge < -0.3 is 25.8 Å². The summed E-state index contributed by atoms with van der Waals surface area (Å²) in [6.07, 6.45) is 0.469. The first-order valence-corrected chi connectivity index (χ1v) is 16.0. The number of hydrogen-bond donors (Lipinski definition) is 4. The van der Waals surface area contributed by atoms with Crippen molar-refractivity contribution >= 4 is 41.2 Å². The van der Waals surface area contributed by atoms with E-state index in [2.05, 4.69) is 16.0 Å². The Morgan fingerprint density at radius 3 is 1.98 bits per heavy atom. The number of amides is 4. The highest BCUT2D eigenvalue weighted by Gasteiger charge is 2.37. The van der Waals surface area contributed by atoms with Crippen molar-refractivity contribution in [3.8, 4) is 5.75 Å². The minimum Gasteiger partial charge on any atom is -0.508 e. The lowest BCUT2D eigenvalue weighted by Gasteiger charge is -2.27. The number of carbonyl (C=O) groups is 5. The van der Waals surface area contributed by atoms with Gasteiger partial charge in [-0.05, 0) is 48.6 Å². The number of nitrogens with zero attached hydrogens (tertiary/aromatic N) is 1. The second kappa shape index (κ2) is 17.1. The number of carbonyl (C=O) groups excluding carboxylic acids is 5. The minimum atomic E-state index is -1.15. The minimum absolute atomic E-state index is 0.0316. The normalized spacial score (nSPS) is 16.0. The molecule has 11 nitrogen and oxygen atoms in total. The molecule has 3 aromatic carbocycles. The molecule has 0 saturated carbocycles. The lowest BCUT2D eigenvalue weighted by Crippen LogP contribution is -2.58. The van der Waals surface area contributed by atoms with Gasteiger partial charge in [0, 0.05) is 19.4 Å². The first-order chi connectivity index (χ1) is 22.6. The maximum Gasteiger partial charge on any atom is 0.410 e. The van der Waals surface area contributed by atoms with Gasteiger partial charge in [-0.25, -0.2) is 4.79 Å². The van der Waals surface area contributed by atoms with E-state index in [-0.39, 0.29) is 36.9 Å². The Kier molecular flexibility index (Phi) is 12.7. The van der Waals surface area contributed by atoms with Gasteiger partial charge in [0.1, 0.15) is 30.5 Å². The van der Waals surface area contributed by atoms with Crippen LogP contribution in [0.5, 0.6) is 5.75 Å². The first-order valence-electron chi connectivity index (χ1n) is 15.4. The largest absolute Gasteiger partial charge is 0.508 e. The molecule has 0 unspecified atom stereocenters. The number of ether oxygens (including phenoxy) is 1. The topological polar surface area (TPSA) is 154 Å². The standard InChI is InChI=1S/C35H39ClN4O7/c1-23(31(42)21-36)37-32(43)28(19-24-9-4-2-5-10-24)38-33(44)29(20-25-14-16-27(41)17-15-25)39-34(45)30-13-8-18-40(30)35(46)47-22-26-11-6-3-7-12-26/h2-7,9-12,14-17,23,28-30,41H,8,13,18-22H2,1H3,(H,37,43)(H,38,44)(H,39,45)/t23-,28-,29-,30-/m0/s1. The van der Waals surface area contributed by atoms with Crippen LogP contribution in [0.15, 0.2) is 84.9 Å². The number of phenols is 1. The summed E-state index contributed by atoms with van der Waals surface area (Å²) < 4.78 is 5.47. The molecule has 1 fully saturated rings. The second-order valence-electron chi connectivity index (χ2n) is 11.4. The Hall–Kier alpha value is -4.90. The summed E-state index contributed by atoms with van der Waals surface area (Å²) in [5.74, 6) is -2.40. The summed E-state index contributed by atoms with van der Waals surface area (Å²) in [6.45, 7) is 1.88. The number of halogens is 1. The number of likely N-dealkylation sites (tertiary alicyclic amines) is 1. The van der Waals surface area contributed by atoms with Crippen molar-refractivity contribution < 1.29 is 33.8 Å². The quantitative estimate of drug-likeness (QED) is 0.193. The van der Waals surface area contributed by atoms with Crippen LogP contribution < -0.4 is 16.0 Å².